The molecule has 3 heteroatoms. The molecule has 0 spiro atoms. The number of aryl methyl sites for hydroxylation is 2. The molecule has 0 aromatic heterocycles. The average molecular weight is 400 g/mol. The quantitative estimate of drug-likeness (QED) is 0.625. The minimum Gasteiger partial charge on any atom is -0.299 e. The molecule has 0 amide bonds. The molecule has 5 rings (SSSR count). The Kier molecular flexibility index (Phi) is 5.60. The van der Waals surface area contributed by atoms with E-state index < -0.39 is 0 Å². The van der Waals surface area contributed by atoms with Crippen molar-refractivity contribution in [2.24, 2.45) is 5.92 Å². The SMILES string of the molecule is Cc1ccc(C)c(CN2CCC(C3CC(c4cccc5ccccc45)NN3)CC2)c1. The molecular weight excluding hydrogens is 366 g/mol. The van der Waals surface area contributed by atoms with E-state index in [9.17, 15) is 0 Å². The minimum atomic E-state index is 0.397. The third-order valence-corrected chi connectivity index (χ3v) is 7.23. The molecule has 30 heavy (non-hydrogen) atoms. The number of fused-ring (bicyclic) bond motifs is 1. The molecule has 2 fully saturated rings. The number of nitrogens with zero attached hydrogens (tertiary/aromatic N) is 1. The van der Waals surface area contributed by atoms with Crippen LogP contribution in [-0.4, -0.2) is 24.0 Å². The molecule has 2 aliphatic rings. The lowest BCUT2D eigenvalue weighted by atomic mass is 9.85. The fourth-order valence-electron chi connectivity index (χ4n) is 5.37. The molecule has 0 radical (unpaired) electrons. The van der Waals surface area contributed by atoms with Gasteiger partial charge in [0.25, 0.3) is 0 Å². The van der Waals surface area contributed by atoms with Crippen LogP contribution in [0.5, 0.6) is 0 Å². The fourth-order valence-corrected chi connectivity index (χ4v) is 5.37. The molecule has 3 nitrogen and oxygen atoms in total. The maximum atomic E-state index is 3.65. The van der Waals surface area contributed by atoms with Gasteiger partial charge in [0.15, 0.2) is 0 Å². The summed E-state index contributed by atoms with van der Waals surface area (Å²) in [7, 11) is 0. The van der Waals surface area contributed by atoms with Gasteiger partial charge < -0.3 is 0 Å². The highest BCUT2D eigenvalue weighted by atomic mass is 15.4. The Morgan fingerprint density at radius 1 is 0.900 bits per heavy atom. The van der Waals surface area contributed by atoms with Crippen molar-refractivity contribution < 1.29 is 0 Å². The van der Waals surface area contributed by atoms with Crippen LogP contribution in [-0.2, 0) is 6.54 Å². The molecule has 0 bridgehead atoms. The second kappa shape index (κ2) is 8.50. The van der Waals surface area contributed by atoms with Crippen molar-refractivity contribution in [2.75, 3.05) is 13.1 Å². The summed E-state index contributed by atoms with van der Waals surface area (Å²) in [6, 6.07) is 23.2. The predicted octanol–water partition coefficient (Wildman–Crippen LogP) is 5.28. The van der Waals surface area contributed by atoms with Crippen LogP contribution in [0.25, 0.3) is 10.8 Å². The topological polar surface area (TPSA) is 27.3 Å². The summed E-state index contributed by atoms with van der Waals surface area (Å²) >= 11 is 0. The Balaban J connectivity index is 1.20. The normalized spacial score (nSPS) is 23.3. The van der Waals surface area contributed by atoms with Crippen LogP contribution in [0.3, 0.4) is 0 Å². The fraction of sp³-hybridized carbons (Fsp3) is 0.407. The number of hydrogen-bond acceptors (Lipinski definition) is 3. The molecular formula is C27H33N3. The van der Waals surface area contributed by atoms with Crippen molar-refractivity contribution in [3.63, 3.8) is 0 Å². The highest BCUT2D eigenvalue weighted by molar-refractivity contribution is 5.86. The lowest BCUT2D eigenvalue weighted by Gasteiger charge is -2.35. The first-order valence-electron chi connectivity index (χ1n) is 11.4. The molecule has 3 aromatic rings. The Labute approximate surface area is 180 Å². The van der Waals surface area contributed by atoms with Crippen molar-refractivity contribution in [3.05, 3.63) is 82.9 Å². The number of rotatable bonds is 4. The van der Waals surface area contributed by atoms with E-state index in [1.54, 1.807) is 0 Å². The van der Waals surface area contributed by atoms with Gasteiger partial charge in [-0.15, -0.1) is 0 Å². The van der Waals surface area contributed by atoms with E-state index in [0.717, 1.165) is 12.5 Å². The first-order chi connectivity index (χ1) is 14.7. The summed E-state index contributed by atoms with van der Waals surface area (Å²) < 4.78 is 0. The van der Waals surface area contributed by atoms with Gasteiger partial charge in [-0.25, -0.2) is 5.43 Å². The Bertz CT molecular complexity index is 1010. The van der Waals surface area contributed by atoms with E-state index in [2.05, 4.69) is 90.3 Å². The van der Waals surface area contributed by atoms with Gasteiger partial charge >= 0.3 is 0 Å². The number of nitrogens with one attached hydrogen (secondary N) is 2. The number of hydrogen-bond donors (Lipinski definition) is 2. The summed E-state index contributed by atoms with van der Waals surface area (Å²) in [5.74, 6) is 0.757. The maximum Gasteiger partial charge on any atom is 0.0484 e. The van der Waals surface area contributed by atoms with Gasteiger partial charge in [-0.3, -0.25) is 10.3 Å². The summed E-state index contributed by atoms with van der Waals surface area (Å²) in [6.07, 6.45) is 3.74. The van der Waals surface area contributed by atoms with E-state index in [1.807, 2.05) is 0 Å². The molecule has 0 aliphatic carbocycles. The monoisotopic (exact) mass is 399 g/mol. The van der Waals surface area contributed by atoms with Crippen LogP contribution >= 0.6 is 0 Å². The smallest absolute Gasteiger partial charge is 0.0484 e. The summed E-state index contributed by atoms with van der Waals surface area (Å²) in [5.41, 5.74) is 13.0. The zero-order valence-electron chi connectivity index (χ0n) is 18.2. The van der Waals surface area contributed by atoms with Gasteiger partial charge in [0.1, 0.15) is 0 Å². The van der Waals surface area contributed by atoms with Crippen LogP contribution in [0.2, 0.25) is 0 Å². The number of piperidine rings is 1. The molecule has 2 unspecified atom stereocenters. The van der Waals surface area contributed by atoms with Crippen LogP contribution in [0.1, 0.15) is 47.6 Å². The highest BCUT2D eigenvalue weighted by Gasteiger charge is 2.33. The second-order valence-electron chi connectivity index (χ2n) is 9.30. The summed E-state index contributed by atoms with van der Waals surface area (Å²) in [5, 5.41) is 2.71. The second-order valence-corrected chi connectivity index (χ2v) is 9.30. The third-order valence-electron chi connectivity index (χ3n) is 7.23. The summed E-state index contributed by atoms with van der Waals surface area (Å²) in [6.45, 7) is 7.93. The molecule has 2 heterocycles. The number of likely N-dealkylation sites (tertiary alicyclic amines) is 1. The Morgan fingerprint density at radius 3 is 2.57 bits per heavy atom. The third kappa shape index (κ3) is 4.02. The Hall–Kier alpha value is -2.20. The van der Waals surface area contributed by atoms with Crippen LogP contribution in [0.4, 0.5) is 0 Å². The van der Waals surface area contributed by atoms with Crippen molar-refractivity contribution in [1.29, 1.82) is 0 Å². The predicted molar refractivity (Wildman–Crippen MR) is 125 cm³/mol. The van der Waals surface area contributed by atoms with Gasteiger partial charge in [-0.2, -0.15) is 0 Å². The largest absolute Gasteiger partial charge is 0.299 e. The number of benzene rings is 3. The Morgan fingerprint density at radius 2 is 1.70 bits per heavy atom. The summed E-state index contributed by atoms with van der Waals surface area (Å²) in [4.78, 5) is 2.64. The van der Waals surface area contributed by atoms with Crippen molar-refractivity contribution >= 4 is 10.8 Å². The first-order valence-corrected chi connectivity index (χ1v) is 11.4. The van der Waals surface area contributed by atoms with Crippen LogP contribution in [0.15, 0.2) is 60.7 Å². The van der Waals surface area contributed by atoms with Gasteiger partial charge in [0, 0.05) is 18.6 Å². The minimum absolute atomic E-state index is 0.397. The van der Waals surface area contributed by atoms with Crippen LogP contribution in [0, 0.1) is 19.8 Å². The highest BCUT2D eigenvalue weighted by Crippen LogP contribution is 2.34. The molecule has 2 atom stereocenters. The standard InChI is InChI=1S/C27H33N3/c1-19-10-11-20(2)23(16-19)18-30-14-12-22(13-15-30)26-17-27(29-28-26)25-9-5-7-21-6-3-4-8-24(21)25/h3-11,16,22,26-29H,12-15,17-18H2,1-2H3. The van der Waals surface area contributed by atoms with Crippen LogP contribution < -0.4 is 10.9 Å². The first kappa shape index (κ1) is 19.7. The zero-order valence-corrected chi connectivity index (χ0v) is 18.2. The van der Waals surface area contributed by atoms with Gasteiger partial charge in [-0.05, 0) is 79.6 Å². The van der Waals surface area contributed by atoms with Gasteiger partial charge in [-0.1, -0.05) is 66.2 Å². The van der Waals surface area contributed by atoms with Crippen molar-refractivity contribution in [1.82, 2.24) is 15.8 Å². The average Bonchev–Trinajstić information content (AvgIpc) is 3.26. The molecule has 2 saturated heterocycles. The number of hydrazine groups is 1. The molecule has 3 aromatic carbocycles. The van der Waals surface area contributed by atoms with Gasteiger partial charge in [0.05, 0.1) is 0 Å². The maximum absolute atomic E-state index is 3.65. The van der Waals surface area contributed by atoms with Gasteiger partial charge in [0.2, 0.25) is 0 Å². The molecule has 0 saturated carbocycles. The molecule has 2 N–H and O–H groups in total. The lowest BCUT2D eigenvalue weighted by molar-refractivity contribution is 0.155. The van der Waals surface area contributed by atoms with Crippen molar-refractivity contribution in [2.45, 2.75) is 51.7 Å². The zero-order chi connectivity index (χ0) is 20.5. The van der Waals surface area contributed by atoms with E-state index in [0.29, 0.717) is 12.1 Å². The lowest BCUT2D eigenvalue weighted by Crippen LogP contribution is -2.42. The van der Waals surface area contributed by atoms with E-state index >= 15 is 0 Å². The molecule has 156 valence electrons. The molecule has 2 aliphatic heterocycles. The van der Waals surface area contributed by atoms with E-state index in [1.165, 1.54) is 65.4 Å². The van der Waals surface area contributed by atoms with E-state index in [4.69, 9.17) is 0 Å². The van der Waals surface area contributed by atoms with Crippen molar-refractivity contribution in [3.8, 4) is 0 Å². The van der Waals surface area contributed by atoms with E-state index in [-0.39, 0.29) is 0 Å².